The molecule has 1 unspecified atom stereocenters. The molecule has 0 aliphatic carbocycles. The van der Waals surface area contributed by atoms with Gasteiger partial charge in [-0.25, -0.2) is 4.39 Å². The summed E-state index contributed by atoms with van der Waals surface area (Å²) in [6, 6.07) is 4.72. The molecule has 106 valence electrons. The van der Waals surface area contributed by atoms with Crippen molar-refractivity contribution in [3.63, 3.8) is 0 Å². The number of hydrogen-bond donors (Lipinski definition) is 1. The first-order valence-electron chi connectivity index (χ1n) is 6.85. The fraction of sp³-hybridized carbons (Fsp3) is 0.600. The van der Waals surface area contributed by atoms with Crippen LogP contribution in [-0.2, 0) is 4.74 Å². The normalized spacial score (nSPS) is 18.3. The molecule has 1 aliphatic heterocycles. The van der Waals surface area contributed by atoms with Gasteiger partial charge in [-0.3, -0.25) is 0 Å². The molecule has 0 bridgehead atoms. The second-order valence-corrected chi connectivity index (χ2v) is 5.07. The summed E-state index contributed by atoms with van der Waals surface area (Å²) in [7, 11) is 1.61. The topological polar surface area (TPSA) is 30.5 Å². The van der Waals surface area contributed by atoms with Gasteiger partial charge in [-0.1, -0.05) is 0 Å². The van der Waals surface area contributed by atoms with Gasteiger partial charge in [0.25, 0.3) is 0 Å². The van der Waals surface area contributed by atoms with E-state index in [0.29, 0.717) is 5.92 Å². The maximum atomic E-state index is 13.3. The lowest BCUT2D eigenvalue weighted by molar-refractivity contribution is 0.0656. The highest BCUT2D eigenvalue weighted by atomic mass is 19.1. The van der Waals surface area contributed by atoms with E-state index in [1.54, 1.807) is 19.2 Å². The van der Waals surface area contributed by atoms with Crippen molar-refractivity contribution >= 4 is 0 Å². The van der Waals surface area contributed by atoms with Gasteiger partial charge in [0.15, 0.2) is 0 Å². The van der Waals surface area contributed by atoms with Crippen LogP contribution in [0.1, 0.15) is 31.4 Å². The Balaban J connectivity index is 1.94. The summed E-state index contributed by atoms with van der Waals surface area (Å²) in [4.78, 5) is 0. The molecule has 1 saturated heterocycles. The molecule has 1 aliphatic rings. The fourth-order valence-electron chi connectivity index (χ4n) is 2.45. The predicted molar refractivity (Wildman–Crippen MR) is 72.9 cm³/mol. The Labute approximate surface area is 114 Å². The molecule has 1 atom stereocenters. The van der Waals surface area contributed by atoms with Crippen molar-refractivity contribution in [2.45, 2.75) is 25.8 Å². The van der Waals surface area contributed by atoms with Crippen LogP contribution in [0.5, 0.6) is 5.75 Å². The Morgan fingerprint density at radius 3 is 2.84 bits per heavy atom. The van der Waals surface area contributed by atoms with Crippen molar-refractivity contribution in [3.8, 4) is 5.75 Å². The maximum absolute atomic E-state index is 13.3. The molecule has 1 N–H and O–H groups in total. The zero-order valence-corrected chi connectivity index (χ0v) is 11.6. The Morgan fingerprint density at radius 1 is 1.42 bits per heavy atom. The second-order valence-electron chi connectivity index (χ2n) is 5.07. The van der Waals surface area contributed by atoms with Crippen LogP contribution in [0, 0.1) is 11.7 Å². The van der Waals surface area contributed by atoms with Crippen LogP contribution >= 0.6 is 0 Å². The summed E-state index contributed by atoms with van der Waals surface area (Å²) in [5.74, 6) is 1.15. The first kappa shape index (κ1) is 14.3. The second kappa shape index (κ2) is 6.87. The minimum atomic E-state index is -0.226. The third-order valence-corrected chi connectivity index (χ3v) is 3.71. The van der Waals surface area contributed by atoms with Crippen LogP contribution in [0.2, 0.25) is 0 Å². The Kier molecular flexibility index (Phi) is 5.16. The zero-order valence-electron chi connectivity index (χ0n) is 11.6. The SMILES string of the molecule is COc1ccc(F)cc1C(C)NCC1CCOCC1. The fourth-order valence-corrected chi connectivity index (χ4v) is 2.45. The van der Waals surface area contributed by atoms with Crippen LogP contribution in [-0.4, -0.2) is 26.9 Å². The monoisotopic (exact) mass is 267 g/mol. The van der Waals surface area contributed by atoms with E-state index in [9.17, 15) is 4.39 Å². The molecule has 1 aromatic rings. The van der Waals surface area contributed by atoms with Crippen molar-refractivity contribution in [1.82, 2.24) is 5.32 Å². The third kappa shape index (κ3) is 3.91. The molecule has 1 heterocycles. The Hall–Kier alpha value is -1.13. The lowest BCUT2D eigenvalue weighted by Crippen LogP contribution is -2.29. The van der Waals surface area contributed by atoms with E-state index in [-0.39, 0.29) is 11.9 Å². The summed E-state index contributed by atoms with van der Waals surface area (Å²) in [6.45, 7) is 4.68. The van der Waals surface area contributed by atoms with Crippen molar-refractivity contribution in [3.05, 3.63) is 29.6 Å². The van der Waals surface area contributed by atoms with Crippen LogP contribution in [0.15, 0.2) is 18.2 Å². The molecule has 0 aromatic heterocycles. The molecule has 0 radical (unpaired) electrons. The molecule has 3 nitrogen and oxygen atoms in total. The number of halogens is 1. The molecular formula is C15H22FNO2. The van der Waals surface area contributed by atoms with Gasteiger partial charge < -0.3 is 14.8 Å². The molecule has 19 heavy (non-hydrogen) atoms. The van der Waals surface area contributed by atoms with E-state index in [2.05, 4.69) is 5.32 Å². The van der Waals surface area contributed by atoms with E-state index in [0.717, 1.165) is 43.9 Å². The quantitative estimate of drug-likeness (QED) is 0.889. The molecule has 2 rings (SSSR count). The molecule has 0 amide bonds. The summed E-state index contributed by atoms with van der Waals surface area (Å²) < 4.78 is 24.0. The van der Waals surface area contributed by atoms with Crippen molar-refractivity contribution in [2.24, 2.45) is 5.92 Å². The van der Waals surface area contributed by atoms with Crippen molar-refractivity contribution in [2.75, 3.05) is 26.9 Å². The van der Waals surface area contributed by atoms with E-state index < -0.39 is 0 Å². The highest BCUT2D eigenvalue weighted by molar-refractivity contribution is 5.36. The lowest BCUT2D eigenvalue weighted by atomic mass is 9.99. The first-order chi connectivity index (χ1) is 9.20. The zero-order chi connectivity index (χ0) is 13.7. The van der Waals surface area contributed by atoms with E-state index in [4.69, 9.17) is 9.47 Å². The average Bonchev–Trinajstić information content (AvgIpc) is 2.46. The van der Waals surface area contributed by atoms with Gasteiger partial charge in [-0.15, -0.1) is 0 Å². The molecule has 0 spiro atoms. The molecule has 1 aromatic carbocycles. The summed E-state index contributed by atoms with van der Waals surface area (Å²) in [6.07, 6.45) is 2.19. The average molecular weight is 267 g/mol. The van der Waals surface area contributed by atoms with E-state index in [1.165, 1.54) is 6.07 Å². The molecular weight excluding hydrogens is 245 g/mol. The maximum Gasteiger partial charge on any atom is 0.123 e. The Bertz CT molecular complexity index is 405. The van der Waals surface area contributed by atoms with Gasteiger partial charge >= 0.3 is 0 Å². The number of nitrogens with one attached hydrogen (secondary N) is 1. The van der Waals surface area contributed by atoms with E-state index in [1.807, 2.05) is 6.92 Å². The van der Waals surface area contributed by atoms with Crippen LogP contribution in [0.4, 0.5) is 4.39 Å². The molecule has 4 heteroatoms. The lowest BCUT2D eigenvalue weighted by Gasteiger charge is -2.25. The standard InChI is InChI=1S/C15H22FNO2/c1-11(17-10-12-5-7-19-8-6-12)14-9-13(16)3-4-15(14)18-2/h3-4,9,11-12,17H,5-8,10H2,1-2H3. The van der Waals surface area contributed by atoms with Gasteiger partial charge in [-0.2, -0.15) is 0 Å². The number of rotatable bonds is 5. The van der Waals surface area contributed by atoms with Gasteiger partial charge in [0.1, 0.15) is 11.6 Å². The molecule has 1 fully saturated rings. The van der Waals surface area contributed by atoms with Gasteiger partial charge in [0.05, 0.1) is 7.11 Å². The van der Waals surface area contributed by atoms with Crippen LogP contribution in [0.3, 0.4) is 0 Å². The first-order valence-corrected chi connectivity index (χ1v) is 6.85. The number of benzene rings is 1. The summed E-state index contributed by atoms with van der Waals surface area (Å²) in [5, 5.41) is 3.47. The largest absolute Gasteiger partial charge is 0.496 e. The smallest absolute Gasteiger partial charge is 0.123 e. The van der Waals surface area contributed by atoms with Crippen LogP contribution in [0.25, 0.3) is 0 Å². The minimum absolute atomic E-state index is 0.0773. The predicted octanol–water partition coefficient (Wildman–Crippen LogP) is 2.91. The summed E-state index contributed by atoms with van der Waals surface area (Å²) >= 11 is 0. The van der Waals surface area contributed by atoms with Gasteiger partial charge in [-0.05, 0) is 50.4 Å². The third-order valence-electron chi connectivity index (χ3n) is 3.71. The Morgan fingerprint density at radius 2 is 2.16 bits per heavy atom. The van der Waals surface area contributed by atoms with Gasteiger partial charge in [0.2, 0.25) is 0 Å². The number of methoxy groups -OCH3 is 1. The highest BCUT2D eigenvalue weighted by Crippen LogP contribution is 2.26. The highest BCUT2D eigenvalue weighted by Gasteiger charge is 2.17. The van der Waals surface area contributed by atoms with E-state index >= 15 is 0 Å². The van der Waals surface area contributed by atoms with Crippen molar-refractivity contribution in [1.29, 1.82) is 0 Å². The van der Waals surface area contributed by atoms with Crippen LogP contribution < -0.4 is 10.1 Å². The minimum Gasteiger partial charge on any atom is -0.496 e. The van der Waals surface area contributed by atoms with Crippen molar-refractivity contribution < 1.29 is 13.9 Å². The number of ether oxygens (including phenoxy) is 2. The molecule has 0 saturated carbocycles. The number of hydrogen-bond acceptors (Lipinski definition) is 3. The summed E-state index contributed by atoms with van der Waals surface area (Å²) in [5.41, 5.74) is 0.870. The van der Waals surface area contributed by atoms with Gasteiger partial charge in [0, 0.05) is 24.8 Å².